The van der Waals surface area contributed by atoms with Gasteiger partial charge in [-0.1, -0.05) is 6.07 Å². The van der Waals surface area contributed by atoms with Crippen molar-refractivity contribution < 1.29 is 13.6 Å². The molecule has 1 atom stereocenters. The summed E-state index contributed by atoms with van der Waals surface area (Å²) in [5.74, 6) is 0.318. The maximum atomic E-state index is 10.7. The lowest BCUT2D eigenvalue weighted by molar-refractivity contribution is 0.345. The first-order valence-electron chi connectivity index (χ1n) is 3.00. The van der Waals surface area contributed by atoms with E-state index in [9.17, 15) is 4.57 Å². The van der Waals surface area contributed by atoms with Crippen LogP contribution in [0.2, 0.25) is 0 Å². The zero-order valence-corrected chi connectivity index (χ0v) is 6.98. The van der Waals surface area contributed by atoms with Gasteiger partial charge < -0.3 is 9.05 Å². The summed E-state index contributed by atoms with van der Waals surface area (Å²) < 4.78 is 19.9. The summed E-state index contributed by atoms with van der Waals surface area (Å²) in [6.45, 7) is 0. The minimum Gasteiger partial charge on any atom is -0.408 e. The third-order valence-electron chi connectivity index (χ3n) is 0.992. The normalized spacial score (nSPS) is 12.5. The molecule has 0 aromatic carbocycles. The Labute approximate surface area is 65.1 Å². The van der Waals surface area contributed by atoms with Gasteiger partial charge in [-0.15, -0.1) is 0 Å². The average Bonchev–Trinajstić information content (AvgIpc) is 2.06. The van der Waals surface area contributed by atoms with Gasteiger partial charge in [0.05, 0.1) is 0 Å². The van der Waals surface area contributed by atoms with E-state index in [1.54, 1.807) is 24.4 Å². The summed E-state index contributed by atoms with van der Waals surface area (Å²) in [6, 6.07) is 5.10. The molecule has 0 amide bonds. The number of hydrogen-bond donors (Lipinski definition) is 0. The monoisotopic (exact) mass is 173 g/mol. The van der Waals surface area contributed by atoms with Crippen LogP contribution in [0, 0.1) is 0 Å². The van der Waals surface area contributed by atoms with Crippen molar-refractivity contribution in [3.63, 3.8) is 0 Å². The third-order valence-corrected chi connectivity index (χ3v) is 1.70. The van der Waals surface area contributed by atoms with Gasteiger partial charge in [-0.25, -0.2) is 9.55 Å². The van der Waals surface area contributed by atoms with Crippen molar-refractivity contribution >= 4 is 8.25 Å². The van der Waals surface area contributed by atoms with E-state index >= 15 is 0 Å². The quantitative estimate of drug-likeness (QED) is 0.650. The van der Waals surface area contributed by atoms with E-state index in [1.807, 2.05) is 0 Å². The van der Waals surface area contributed by atoms with Crippen LogP contribution in [0.3, 0.4) is 0 Å². The molecule has 5 heteroatoms. The molecular formula is C6H8NO3P. The molecule has 0 aliphatic heterocycles. The van der Waals surface area contributed by atoms with Gasteiger partial charge in [0.2, 0.25) is 5.88 Å². The van der Waals surface area contributed by atoms with Crippen molar-refractivity contribution in [2.24, 2.45) is 0 Å². The average molecular weight is 173 g/mol. The predicted molar refractivity (Wildman–Crippen MR) is 40.9 cm³/mol. The maximum absolute atomic E-state index is 10.7. The van der Waals surface area contributed by atoms with Crippen molar-refractivity contribution in [3.05, 3.63) is 24.4 Å². The summed E-state index contributed by atoms with van der Waals surface area (Å²) in [5.41, 5.74) is 0. The fraction of sp³-hybridized carbons (Fsp3) is 0.167. The summed E-state index contributed by atoms with van der Waals surface area (Å²) in [4.78, 5) is 3.79. The third kappa shape index (κ3) is 2.70. The Kier molecular flexibility index (Phi) is 3.08. The zero-order valence-electron chi connectivity index (χ0n) is 5.98. The highest BCUT2D eigenvalue weighted by molar-refractivity contribution is 7.33. The van der Waals surface area contributed by atoms with Gasteiger partial charge in [0.1, 0.15) is 0 Å². The van der Waals surface area contributed by atoms with E-state index < -0.39 is 8.25 Å². The second-order valence-corrected chi connectivity index (χ2v) is 2.84. The van der Waals surface area contributed by atoms with Crippen molar-refractivity contribution in [2.75, 3.05) is 7.11 Å². The van der Waals surface area contributed by atoms with Crippen LogP contribution in [-0.4, -0.2) is 12.1 Å². The molecule has 4 nitrogen and oxygen atoms in total. The van der Waals surface area contributed by atoms with Crippen LogP contribution in [0.4, 0.5) is 0 Å². The largest absolute Gasteiger partial charge is 0.408 e. The van der Waals surface area contributed by atoms with Gasteiger partial charge in [-0.05, 0) is 6.07 Å². The molecule has 11 heavy (non-hydrogen) atoms. The zero-order chi connectivity index (χ0) is 8.10. The Morgan fingerprint density at radius 1 is 1.55 bits per heavy atom. The fourth-order valence-electron chi connectivity index (χ4n) is 0.535. The lowest BCUT2D eigenvalue weighted by Crippen LogP contribution is -1.84. The standard InChI is InChI=1S/C6H8NO3P/c1-9-11(8)10-6-4-2-3-5-7-6/h2-5,11H,1H3. The van der Waals surface area contributed by atoms with E-state index in [1.165, 1.54) is 7.11 Å². The van der Waals surface area contributed by atoms with Crippen molar-refractivity contribution in [2.45, 2.75) is 0 Å². The fourth-order valence-corrected chi connectivity index (χ4v) is 0.909. The molecule has 0 N–H and O–H groups in total. The Morgan fingerprint density at radius 3 is 2.91 bits per heavy atom. The Morgan fingerprint density at radius 2 is 2.36 bits per heavy atom. The highest BCUT2D eigenvalue weighted by atomic mass is 31.1. The second-order valence-electron chi connectivity index (χ2n) is 1.72. The molecule has 0 saturated heterocycles. The smallest absolute Gasteiger partial charge is 0.368 e. The van der Waals surface area contributed by atoms with E-state index in [4.69, 9.17) is 4.52 Å². The first-order chi connectivity index (χ1) is 5.33. The lowest BCUT2D eigenvalue weighted by Gasteiger charge is -2.00. The van der Waals surface area contributed by atoms with Crippen LogP contribution in [0.1, 0.15) is 0 Å². The number of pyridine rings is 1. The van der Waals surface area contributed by atoms with Crippen LogP contribution >= 0.6 is 8.25 Å². The second kappa shape index (κ2) is 4.11. The molecule has 60 valence electrons. The first kappa shape index (κ1) is 8.24. The molecule has 0 bridgehead atoms. The first-order valence-corrected chi connectivity index (χ1v) is 4.22. The number of aromatic nitrogens is 1. The molecule has 0 saturated carbocycles. The molecule has 1 aromatic heterocycles. The van der Waals surface area contributed by atoms with Crippen molar-refractivity contribution in [3.8, 4) is 5.88 Å². The molecule has 0 aliphatic rings. The van der Waals surface area contributed by atoms with Crippen LogP contribution in [0.25, 0.3) is 0 Å². The van der Waals surface area contributed by atoms with Crippen molar-refractivity contribution in [1.82, 2.24) is 4.98 Å². The SMILES string of the molecule is CO[PH](=O)Oc1ccccn1. The molecule has 0 fully saturated rings. The Hall–Kier alpha value is -0.860. The summed E-state index contributed by atoms with van der Waals surface area (Å²) in [7, 11) is -1.07. The summed E-state index contributed by atoms with van der Waals surface area (Å²) >= 11 is 0. The highest BCUT2D eigenvalue weighted by Gasteiger charge is 1.97. The predicted octanol–water partition coefficient (Wildman–Crippen LogP) is 1.50. The minimum absolute atomic E-state index is 0.318. The molecule has 0 aliphatic carbocycles. The molecule has 0 radical (unpaired) electrons. The number of nitrogens with zero attached hydrogens (tertiary/aromatic N) is 1. The topological polar surface area (TPSA) is 48.4 Å². The van der Waals surface area contributed by atoms with Gasteiger partial charge in [0.25, 0.3) is 0 Å². The van der Waals surface area contributed by atoms with Crippen LogP contribution in [-0.2, 0) is 9.09 Å². The molecule has 1 heterocycles. The van der Waals surface area contributed by atoms with E-state index in [2.05, 4.69) is 9.51 Å². The van der Waals surface area contributed by atoms with Crippen LogP contribution in [0.5, 0.6) is 5.88 Å². The van der Waals surface area contributed by atoms with E-state index in [-0.39, 0.29) is 0 Å². The number of rotatable bonds is 3. The Balaban J connectivity index is 2.58. The molecule has 1 unspecified atom stereocenters. The molecular weight excluding hydrogens is 165 g/mol. The van der Waals surface area contributed by atoms with Gasteiger partial charge >= 0.3 is 8.25 Å². The maximum Gasteiger partial charge on any atom is 0.368 e. The molecule has 1 rings (SSSR count). The van der Waals surface area contributed by atoms with Crippen LogP contribution in [0.15, 0.2) is 24.4 Å². The summed E-state index contributed by atoms with van der Waals surface area (Å²) in [5, 5.41) is 0. The number of hydrogen-bond acceptors (Lipinski definition) is 4. The molecule has 1 aromatic rings. The van der Waals surface area contributed by atoms with E-state index in [0.717, 1.165) is 0 Å². The minimum atomic E-state index is -2.39. The van der Waals surface area contributed by atoms with Gasteiger partial charge in [-0.3, -0.25) is 0 Å². The van der Waals surface area contributed by atoms with E-state index in [0.29, 0.717) is 5.88 Å². The molecule has 0 spiro atoms. The Bertz CT molecular complexity index is 239. The van der Waals surface area contributed by atoms with Gasteiger partial charge in [0, 0.05) is 19.4 Å². The summed E-state index contributed by atoms with van der Waals surface area (Å²) in [6.07, 6.45) is 1.56. The van der Waals surface area contributed by atoms with Crippen molar-refractivity contribution in [1.29, 1.82) is 0 Å². The van der Waals surface area contributed by atoms with Gasteiger partial charge in [0.15, 0.2) is 0 Å². The highest BCUT2D eigenvalue weighted by Crippen LogP contribution is 2.23. The van der Waals surface area contributed by atoms with Gasteiger partial charge in [-0.2, -0.15) is 0 Å². The lowest BCUT2D eigenvalue weighted by atomic mass is 10.5. The van der Waals surface area contributed by atoms with Crippen LogP contribution < -0.4 is 4.52 Å².